The molecule has 19 heavy (non-hydrogen) atoms. The molecule has 1 aromatic rings. The highest BCUT2D eigenvalue weighted by Crippen LogP contribution is 2.14. The van der Waals surface area contributed by atoms with E-state index in [1.165, 1.54) is 11.3 Å². The summed E-state index contributed by atoms with van der Waals surface area (Å²) in [4.78, 5) is 0. The van der Waals surface area contributed by atoms with Crippen molar-refractivity contribution in [1.29, 1.82) is 0 Å². The predicted octanol–water partition coefficient (Wildman–Crippen LogP) is 2.81. The van der Waals surface area contributed by atoms with Crippen LogP contribution in [0.1, 0.15) is 51.6 Å². The third-order valence-electron chi connectivity index (χ3n) is 3.06. The number of hydrogen-bond acceptors (Lipinski definition) is 3. The van der Waals surface area contributed by atoms with Crippen LogP contribution in [0.3, 0.4) is 0 Å². The molecule has 0 atom stereocenters. The van der Waals surface area contributed by atoms with E-state index in [1.54, 1.807) is 0 Å². The standard InChI is InChI=1S/C15H29N3O/c1-11(2)16-10-14-12(3)17-18(13(14)4)8-9-19-15(5,6)7/h11,16H,8-10H2,1-7H3. The fraction of sp³-hybridized carbons (Fsp3) is 0.800. The van der Waals surface area contributed by atoms with Crippen molar-refractivity contribution in [3.8, 4) is 0 Å². The first-order valence-corrected chi connectivity index (χ1v) is 7.11. The largest absolute Gasteiger partial charge is 0.374 e. The first kappa shape index (κ1) is 16.2. The lowest BCUT2D eigenvalue weighted by Crippen LogP contribution is -2.23. The number of aromatic nitrogens is 2. The summed E-state index contributed by atoms with van der Waals surface area (Å²) >= 11 is 0. The summed E-state index contributed by atoms with van der Waals surface area (Å²) in [7, 11) is 0. The molecule has 0 saturated carbocycles. The van der Waals surface area contributed by atoms with Crippen LogP contribution >= 0.6 is 0 Å². The van der Waals surface area contributed by atoms with E-state index >= 15 is 0 Å². The summed E-state index contributed by atoms with van der Waals surface area (Å²) < 4.78 is 7.81. The second-order valence-electron chi connectivity index (χ2n) is 6.37. The lowest BCUT2D eigenvalue weighted by molar-refractivity contribution is -0.00811. The van der Waals surface area contributed by atoms with Crippen LogP contribution in [0, 0.1) is 13.8 Å². The Morgan fingerprint density at radius 1 is 1.26 bits per heavy atom. The van der Waals surface area contributed by atoms with Gasteiger partial charge in [0.25, 0.3) is 0 Å². The number of rotatable bonds is 6. The van der Waals surface area contributed by atoms with Crippen LogP contribution in [-0.4, -0.2) is 28.0 Å². The van der Waals surface area contributed by atoms with Gasteiger partial charge in [0, 0.05) is 23.8 Å². The van der Waals surface area contributed by atoms with Crippen molar-refractivity contribution in [1.82, 2.24) is 15.1 Å². The zero-order valence-corrected chi connectivity index (χ0v) is 13.5. The molecular formula is C15H29N3O. The van der Waals surface area contributed by atoms with Gasteiger partial charge in [-0.15, -0.1) is 0 Å². The summed E-state index contributed by atoms with van der Waals surface area (Å²) in [6.07, 6.45) is 0. The molecule has 1 N–H and O–H groups in total. The van der Waals surface area contributed by atoms with Crippen molar-refractivity contribution in [2.24, 2.45) is 0 Å². The highest BCUT2D eigenvalue weighted by molar-refractivity contribution is 5.24. The van der Waals surface area contributed by atoms with E-state index in [1.807, 2.05) is 0 Å². The number of nitrogens with one attached hydrogen (secondary N) is 1. The zero-order chi connectivity index (χ0) is 14.6. The van der Waals surface area contributed by atoms with Gasteiger partial charge in [-0.2, -0.15) is 5.10 Å². The van der Waals surface area contributed by atoms with E-state index in [4.69, 9.17) is 4.74 Å². The Labute approximate surface area is 117 Å². The van der Waals surface area contributed by atoms with Crippen molar-refractivity contribution in [2.45, 2.75) is 73.2 Å². The molecule has 0 bridgehead atoms. The number of nitrogens with zero attached hydrogens (tertiary/aromatic N) is 2. The highest BCUT2D eigenvalue weighted by atomic mass is 16.5. The Kier molecular flexibility index (Phi) is 5.56. The van der Waals surface area contributed by atoms with Crippen molar-refractivity contribution in [3.63, 3.8) is 0 Å². The van der Waals surface area contributed by atoms with Gasteiger partial charge in [0.1, 0.15) is 0 Å². The van der Waals surface area contributed by atoms with Crippen molar-refractivity contribution in [3.05, 3.63) is 17.0 Å². The Hall–Kier alpha value is -0.870. The monoisotopic (exact) mass is 267 g/mol. The Balaban J connectivity index is 2.63. The van der Waals surface area contributed by atoms with Gasteiger partial charge >= 0.3 is 0 Å². The molecule has 0 amide bonds. The minimum atomic E-state index is -0.0852. The van der Waals surface area contributed by atoms with Crippen LogP contribution in [0.15, 0.2) is 0 Å². The van der Waals surface area contributed by atoms with Crippen LogP contribution in [0.4, 0.5) is 0 Å². The van der Waals surface area contributed by atoms with Gasteiger partial charge in [-0.05, 0) is 34.6 Å². The predicted molar refractivity (Wildman–Crippen MR) is 79.4 cm³/mol. The minimum absolute atomic E-state index is 0.0852. The Morgan fingerprint density at radius 3 is 2.42 bits per heavy atom. The van der Waals surface area contributed by atoms with Crippen LogP contribution in [-0.2, 0) is 17.8 Å². The van der Waals surface area contributed by atoms with Crippen LogP contribution < -0.4 is 5.32 Å². The summed E-state index contributed by atoms with van der Waals surface area (Å²) in [5.74, 6) is 0. The smallest absolute Gasteiger partial charge is 0.0669 e. The average molecular weight is 267 g/mol. The lowest BCUT2D eigenvalue weighted by Gasteiger charge is -2.19. The summed E-state index contributed by atoms with van der Waals surface area (Å²) in [6, 6.07) is 0.492. The lowest BCUT2D eigenvalue weighted by atomic mass is 10.2. The van der Waals surface area contributed by atoms with Gasteiger partial charge in [0.15, 0.2) is 0 Å². The molecule has 0 fully saturated rings. The first-order valence-electron chi connectivity index (χ1n) is 7.11. The topological polar surface area (TPSA) is 39.1 Å². The van der Waals surface area contributed by atoms with Crippen molar-refractivity contribution in [2.75, 3.05) is 6.61 Å². The Bertz CT molecular complexity index is 402. The van der Waals surface area contributed by atoms with E-state index in [9.17, 15) is 0 Å². The number of hydrogen-bond donors (Lipinski definition) is 1. The van der Waals surface area contributed by atoms with E-state index < -0.39 is 0 Å². The molecule has 0 aliphatic carbocycles. The van der Waals surface area contributed by atoms with Gasteiger partial charge in [-0.3, -0.25) is 4.68 Å². The second-order valence-corrected chi connectivity index (χ2v) is 6.37. The van der Waals surface area contributed by atoms with Crippen molar-refractivity contribution < 1.29 is 4.74 Å². The average Bonchev–Trinajstić information content (AvgIpc) is 2.50. The van der Waals surface area contributed by atoms with E-state index in [0.717, 1.165) is 18.8 Å². The number of aryl methyl sites for hydroxylation is 1. The molecule has 4 heteroatoms. The fourth-order valence-electron chi connectivity index (χ4n) is 1.95. The summed E-state index contributed by atoms with van der Waals surface area (Å²) in [6.45, 7) is 17.1. The molecule has 0 aromatic carbocycles. The van der Waals surface area contributed by atoms with E-state index in [-0.39, 0.29) is 5.60 Å². The normalized spacial score (nSPS) is 12.4. The van der Waals surface area contributed by atoms with E-state index in [2.05, 4.69) is 63.6 Å². The summed E-state index contributed by atoms with van der Waals surface area (Å²) in [5, 5.41) is 8.06. The van der Waals surface area contributed by atoms with Gasteiger partial charge in [-0.25, -0.2) is 0 Å². The minimum Gasteiger partial charge on any atom is -0.374 e. The van der Waals surface area contributed by atoms with Gasteiger partial charge in [0.05, 0.1) is 24.4 Å². The summed E-state index contributed by atoms with van der Waals surface area (Å²) in [5.41, 5.74) is 3.58. The van der Waals surface area contributed by atoms with Crippen LogP contribution in [0.5, 0.6) is 0 Å². The molecule has 0 radical (unpaired) electrons. The third-order valence-corrected chi connectivity index (χ3v) is 3.06. The van der Waals surface area contributed by atoms with Gasteiger partial charge in [-0.1, -0.05) is 13.8 Å². The third kappa shape index (κ3) is 5.33. The maximum atomic E-state index is 5.76. The molecule has 0 unspecified atom stereocenters. The molecular weight excluding hydrogens is 238 g/mol. The van der Waals surface area contributed by atoms with Crippen molar-refractivity contribution >= 4 is 0 Å². The first-order chi connectivity index (χ1) is 8.70. The molecule has 110 valence electrons. The molecule has 1 heterocycles. The molecule has 4 nitrogen and oxygen atoms in total. The van der Waals surface area contributed by atoms with Crippen LogP contribution in [0.2, 0.25) is 0 Å². The quantitative estimate of drug-likeness (QED) is 0.861. The highest BCUT2D eigenvalue weighted by Gasteiger charge is 2.13. The molecule has 0 saturated heterocycles. The molecule has 1 aromatic heterocycles. The zero-order valence-electron chi connectivity index (χ0n) is 13.5. The fourth-order valence-corrected chi connectivity index (χ4v) is 1.95. The van der Waals surface area contributed by atoms with Gasteiger partial charge in [0.2, 0.25) is 0 Å². The van der Waals surface area contributed by atoms with Gasteiger partial charge < -0.3 is 10.1 Å². The maximum absolute atomic E-state index is 5.76. The second kappa shape index (κ2) is 6.53. The SMILES string of the molecule is Cc1nn(CCOC(C)(C)C)c(C)c1CNC(C)C. The van der Waals surface area contributed by atoms with Crippen LogP contribution in [0.25, 0.3) is 0 Å². The molecule has 0 spiro atoms. The maximum Gasteiger partial charge on any atom is 0.0669 e. The molecule has 0 aliphatic heterocycles. The number of ether oxygens (including phenoxy) is 1. The Morgan fingerprint density at radius 2 is 1.89 bits per heavy atom. The van der Waals surface area contributed by atoms with E-state index in [0.29, 0.717) is 12.6 Å². The molecule has 0 aliphatic rings. The molecule has 1 rings (SSSR count).